The Morgan fingerprint density at radius 1 is 1.36 bits per heavy atom. The van der Waals surface area contributed by atoms with Crippen LogP contribution < -0.4 is 4.74 Å². The standard InChI is InChI=1S/C9H9FO3S/c10-14(11,12)9-5-6-13-8-4-2-1-3-7(8)9/h1-4,9H,5-6H2. The molecule has 1 aromatic rings. The molecule has 1 heterocycles. The molecule has 0 N–H and O–H groups in total. The van der Waals surface area contributed by atoms with Gasteiger partial charge in [0.15, 0.2) is 0 Å². The molecule has 0 fully saturated rings. The maximum Gasteiger partial charge on any atom is 0.309 e. The smallest absolute Gasteiger partial charge is 0.309 e. The molecule has 1 unspecified atom stereocenters. The summed E-state index contributed by atoms with van der Waals surface area (Å²) in [5, 5.41) is -1.06. The number of hydrogen-bond acceptors (Lipinski definition) is 3. The highest BCUT2D eigenvalue weighted by molar-refractivity contribution is 7.86. The van der Waals surface area contributed by atoms with Crippen LogP contribution in [0, 0.1) is 0 Å². The summed E-state index contributed by atoms with van der Waals surface area (Å²) in [5.41, 5.74) is 0.418. The van der Waals surface area contributed by atoms with Crippen molar-refractivity contribution in [1.82, 2.24) is 0 Å². The van der Waals surface area contributed by atoms with Crippen molar-refractivity contribution in [2.24, 2.45) is 0 Å². The van der Waals surface area contributed by atoms with E-state index in [1.807, 2.05) is 0 Å². The van der Waals surface area contributed by atoms with Crippen LogP contribution in [0.3, 0.4) is 0 Å². The predicted molar refractivity (Wildman–Crippen MR) is 49.3 cm³/mol. The lowest BCUT2D eigenvalue weighted by molar-refractivity contribution is 0.282. The van der Waals surface area contributed by atoms with E-state index >= 15 is 0 Å². The van der Waals surface area contributed by atoms with Gasteiger partial charge in [0.2, 0.25) is 0 Å². The largest absolute Gasteiger partial charge is 0.493 e. The minimum absolute atomic E-state index is 0.176. The van der Waals surface area contributed by atoms with E-state index in [1.165, 1.54) is 0 Å². The second-order valence-corrected chi connectivity index (χ2v) is 4.66. The SMILES string of the molecule is O=S(=O)(F)C1CCOc2ccccc21. The Hall–Kier alpha value is -1.10. The zero-order valence-electron chi connectivity index (χ0n) is 7.31. The summed E-state index contributed by atoms with van der Waals surface area (Å²) in [7, 11) is -4.52. The second-order valence-electron chi connectivity index (χ2n) is 3.14. The highest BCUT2D eigenvalue weighted by Crippen LogP contribution is 2.37. The number of rotatable bonds is 1. The molecule has 0 bridgehead atoms. The highest BCUT2D eigenvalue weighted by atomic mass is 32.3. The summed E-state index contributed by atoms with van der Waals surface area (Å²) >= 11 is 0. The van der Waals surface area contributed by atoms with Gasteiger partial charge in [-0.05, 0) is 6.07 Å². The minimum atomic E-state index is -4.52. The molecule has 5 heteroatoms. The third-order valence-corrected chi connectivity index (χ3v) is 3.41. The van der Waals surface area contributed by atoms with Crippen LogP contribution in [0.4, 0.5) is 3.89 Å². The van der Waals surface area contributed by atoms with Crippen molar-refractivity contribution in [3.63, 3.8) is 0 Å². The molecule has 0 radical (unpaired) electrons. The summed E-state index contributed by atoms with van der Waals surface area (Å²) in [6.07, 6.45) is 0.176. The van der Waals surface area contributed by atoms with Crippen LogP contribution in [-0.2, 0) is 10.2 Å². The summed E-state index contributed by atoms with van der Waals surface area (Å²) in [5.74, 6) is 0.463. The van der Waals surface area contributed by atoms with Gasteiger partial charge in [-0.25, -0.2) is 0 Å². The Balaban J connectivity index is 2.51. The Kier molecular flexibility index (Phi) is 2.19. The predicted octanol–water partition coefficient (Wildman–Crippen LogP) is 1.81. The first-order valence-electron chi connectivity index (χ1n) is 4.24. The fourth-order valence-electron chi connectivity index (χ4n) is 1.60. The zero-order valence-corrected chi connectivity index (χ0v) is 8.13. The Morgan fingerprint density at radius 3 is 2.79 bits per heavy atom. The van der Waals surface area contributed by atoms with E-state index in [2.05, 4.69) is 0 Å². The van der Waals surface area contributed by atoms with Gasteiger partial charge in [0.25, 0.3) is 0 Å². The summed E-state index contributed by atoms with van der Waals surface area (Å²) in [4.78, 5) is 0. The second kappa shape index (κ2) is 3.24. The van der Waals surface area contributed by atoms with Crippen molar-refractivity contribution in [1.29, 1.82) is 0 Å². The van der Waals surface area contributed by atoms with Crippen LogP contribution in [0.2, 0.25) is 0 Å². The fourth-order valence-corrected chi connectivity index (χ4v) is 2.48. The molecule has 76 valence electrons. The average Bonchev–Trinajstić information content (AvgIpc) is 2.15. The maximum atomic E-state index is 12.9. The molecule has 0 saturated carbocycles. The number of ether oxygens (including phenoxy) is 1. The molecule has 2 rings (SSSR count). The van der Waals surface area contributed by atoms with E-state index in [9.17, 15) is 12.3 Å². The first-order valence-corrected chi connectivity index (χ1v) is 5.69. The highest BCUT2D eigenvalue weighted by Gasteiger charge is 2.32. The summed E-state index contributed by atoms with van der Waals surface area (Å²) in [6, 6.07) is 6.63. The Labute approximate surface area is 81.7 Å². The lowest BCUT2D eigenvalue weighted by Crippen LogP contribution is -2.18. The van der Waals surface area contributed by atoms with Crippen molar-refractivity contribution in [2.75, 3.05) is 6.61 Å². The van der Waals surface area contributed by atoms with Crippen LogP contribution in [0.1, 0.15) is 17.2 Å². The fraction of sp³-hybridized carbons (Fsp3) is 0.333. The summed E-state index contributed by atoms with van der Waals surface area (Å²) in [6.45, 7) is 0.241. The number of fused-ring (bicyclic) bond motifs is 1. The normalized spacial score (nSPS) is 21.1. The third kappa shape index (κ3) is 1.59. The maximum absolute atomic E-state index is 12.9. The van der Waals surface area contributed by atoms with Gasteiger partial charge in [-0.2, -0.15) is 8.42 Å². The van der Waals surface area contributed by atoms with Crippen molar-refractivity contribution < 1.29 is 17.0 Å². The Bertz CT molecular complexity index is 441. The van der Waals surface area contributed by atoms with Crippen LogP contribution >= 0.6 is 0 Å². The lowest BCUT2D eigenvalue weighted by atomic mass is 10.1. The first kappa shape index (κ1) is 9.45. The molecular formula is C9H9FO3S. The van der Waals surface area contributed by atoms with Gasteiger partial charge in [-0.3, -0.25) is 0 Å². The molecule has 0 aromatic heterocycles. The van der Waals surface area contributed by atoms with E-state index in [0.717, 1.165) is 0 Å². The average molecular weight is 216 g/mol. The van der Waals surface area contributed by atoms with E-state index in [-0.39, 0.29) is 13.0 Å². The molecular weight excluding hydrogens is 207 g/mol. The van der Waals surface area contributed by atoms with Crippen LogP contribution in [0.15, 0.2) is 24.3 Å². The van der Waals surface area contributed by atoms with Crippen LogP contribution in [0.25, 0.3) is 0 Å². The van der Waals surface area contributed by atoms with Crippen molar-refractivity contribution in [3.05, 3.63) is 29.8 Å². The molecule has 1 aliphatic rings. The zero-order chi connectivity index (χ0) is 10.2. The number of benzene rings is 1. The number of halogens is 1. The summed E-state index contributed by atoms with van der Waals surface area (Å²) < 4.78 is 39.7. The Morgan fingerprint density at radius 2 is 2.07 bits per heavy atom. The van der Waals surface area contributed by atoms with E-state index in [4.69, 9.17) is 4.74 Å². The number of para-hydroxylation sites is 1. The van der Waals surface area contributed by atoms with Crippen molar-refractivity contribution in [3.8, 4) is 5.75 Å². The van der Waals surface area contributed by atoms with Gasteiger partial charge in [0, 0.05) is 12.0 Å². The van der Waals surface area contributed by atoms with Gasteiger partial charge >= 0.3 is 10.2 Å². The van der Waals surface area contributed by atoms with Gasteiger partial charge in [0.05, 0.1) is 6.61 Å². The van der Waals surface area contributed by atoms with Crippen LogP contribution in [0.5, 0.6) is 5.75 Å². The molecule has 0 amide bonds. The van der Waals surface area contributed by atoms with Gasteiger partial charge in [0.1, 0.15) is 11.0 Å². The molecule has 1 aromatic carbocycles. The van der Waals surface area contributed by atoms with Gasteiger partial charge in [-0.1, -0.05) is 18.2 Å². The first-order chi connectivity index (χ1) is 6.59. The lowest BCUT2D eigenvalue weighted by Gasteiger charge is -2.22. The van der Waals surface area contributed by atoms with Crippen molar-refractivity contribution in [2.45, 2.75) is 11.7 Å². The molecule has 1 atom stereocenters. The van der Waals surface area contributed by atoms with E-state index in [1.54, 1.807) is 24.3 Å². The van der Waals surface area contributed by atoms with Crippen molar-refractivity contribution >= 4 is 10.2 Å². The van der Waals surface area contributed by atoms with E-state index < -0.39 is 15.5 Å². The van der Waals surface area contributed by atoms with E-state index in [0.29, 0.717) is 11.3 Å². The monoisotopic (exact) mass is 216 g/mol. The molecule has 3 nitrogen and oxygen atoms in total. The third-order valence-electron chi connectivity index (χ3n) is 2.24. The van der Waals surface area contributed by atoms with Gasteiger partial charge in [-0.15, -0.1) is 3.89 Å². The van der Waals surface area contributed by atoms with Gasteiger partial charge < -0.3 is 4.74 Å². The minimum Gasteiger partial charge on any atom is -0.493 e. The molecule has 1 aliphatic heterocycles. The number of hydrogen-bond donors (Lipinski definition) is 0. The molecule has 14 heavy (non-hydrogen) atoms. The van der Waals surface area contributed by atoms with Crippen LogP contribution in [-0.4, -0.2) is 15.0 Å². The quantitative estimate of drug-likeness (QED) is 0.672. The molecule has 0 aliphatic carbocycles. The topological polar surface area (TPSA) is 43.4 Å². The molecule has 0 saturated heterocycles. The molecule has 0 spiro atoms.